The van der Waals surface area contributed by atoms with Crippen LogP contribution in [-0.2, 0) is 22.2 Å². The van der Waals surface area contributed by atoms with Crippen molar-refractivity contribution in [2.24, 2.45) is 16.6 Å². The predicted molar refractivity (Wildman–Crippen MR) is 128 cm³/mol. The summed E-state index contributed by atoms with van der Waals surface area (Å²) in [5, 5.41) is 1.62. The van der Waals surface area contributed by atoms with Gasteiger partial charge in [-0.3, -0.25) is 9.69 Å². The van der Waals surface area contributed by atoms with E-state index in [0.717, 1.165) is 28.8 Å². The first-order valence-electron chi connectivity index (χ1n) is 10.7. The molecule has 3 rings (SSSR count). The first-order chi connectivity index (χ1) is 14.4. The van der Waals surface area contributed by atoms with Crippen molar-refractivity contribution in [3.05, 3.63) is 64.7 Å². The van der Waals surface area contributed by atoms with Crippen LogP contribution in [0.4, 0.5) is 5.69 Å². The van der Waals surface area contributed by atoms with Gasteiger partial charge in [-0.15, -0.1) is 0 Å². The summed E-state index contributed by atoms with van der Waals surface area (Å²) in [6.07, 6.45) is 0.818. The molecule has 0 aromatic heterocycles. The summed E-state index contributed by atoms with van der Waals surface area (Å²) in [6.45, 7) is 10.6. The normalized spacial score (nSPS) is 21.8. The van der Waals surface area contributed by atoms with Gasteiger partial charge in [0.2, 0.25) is 5.91 Å². The molecule has 31 heavy (non-hydrogen) atoms. The molecule has 2 aromatic carbocycles. The second-order valence-corrected chi connectivity index (χ2v) is 9.63. The minimum absolute atomic E-state index is 0.0396. The van der Waals surface area contributed by atoms with Crippen LogP contribution in [0.15, 0.2) is 47.5 Å². The van der Waals surface area contributed by atoms with Gasteiger partial charge in [0.25, 0.3) is 0 Å². The van der Waals surface area contributed by atoms with Gasteiger partial charge in [0, 0.05) is 14.1 Å². The van der Waals surface area contributed by atoms with Crippen molar-refractivity contribution < 1.29 is 4.79 Å². The van der Waals surface area contributed by atoms with Crippen molar-refractivity contribution >= 4 is 17.6 Å². The van der Waals surface area contributed by atoms with E-state index in [1.807, 2.05) is 26.1 Å². The van der Waals surface area contributed by atoms with Gasteiger partial charge in [-0.1, -0.05) is 64.1 Å². The van der Waals surface area contributed by atoms with Crippen LogP contribution in [0.25, 0.3) is 0 Å². The number of amides is 1. The van der Waals surface area contributed by atoms with E-state index in [1.54, 1.807) is 12.1 Å². The Hall–Kier alpha value is -2.86. The first-order valence-corrected chi connectivity index (χ1v) is 10.7. The zero-order valence-corrected chi connectivity index (χ0v) is 19.7. The van der Waals surface area contributed by atoms with Gasteiger partial charge in [0.1, 0.15) is 5.54 Å². The number of hydrazine groups is 1. The number of nitrogens with two attached hydrogens (primary N) is 2. The lowest BCUT2D eigenvalue weighted by Gasteiger charge is -2.41. The Kier molecular flexibility index (Phi) is 5.89. The third-order valence-corrected chi connectivity index (χ3v) is 6.36. The molecule has 1 amide bonds. The molecule has 0 saturated heterocycles. The number of aliphatic imine (C=N–C) groups is 1. The molecule has 0 radical (unpaired) electrons. The highest BCUT2D eigenvalue weighted by molar-refractivity contribution is 6.02. The second kappa shape index (κ2) is 8.00. The molecule has 1 aliphatic rings. The number of hydrogen-bond acceptors (Lipinski definition) is 5. The van der Waals surface area contributed by atoms with E-state index in [4.69, 9.17) is 16.6 Å². The maximum atomic E-state index is 13.5. The maximum absolute atomic E-state index is 13.5. The molecule has 0 unspecified atom stereocenters. The van der Waals surface area contributed by atoms with E-state index < -0.39 is 11.5 Å². The Labute approximate surface area is 185 Å². The molecule has 6 nitrogen and oxygen atoms in total. The highest BCUT2D eigenvalue weighted by Gasteiger charge is 2.47. The number of rotatable bonds is 4. The molecule has 0 fully saturated rings. The van der Waals surface area contributed by atoms with Crippen LogP contribution in [0.2, 0.25) is 0 Å². The van der Waals surface area contributed by atoms with Crippen LogP contribution in [0.3, 0.4) is 0 Å². The summed E-state index contributed by atoms with van der Waals surface area (Å²) in [5.41, 5.74) is 10.6. The molecule has 0 spiro atoms. The van der Waals surface area contributed by atoms with Gasteiger partial charge in [-0.2, -0.15) is 0 Å². The Balaban J connectivity index is 2.18. The summed E-state index contributed by atoms with van der Waals surface area (Å²) in [5.74, 6) is 5.70. The zero-order valence-electron chi connectivity index (χ0n) is 19.7. The van der Waals surface area contributed by atoms with Crippen molar-refractivity contribution in [1.29, 1.82) is 0 Å². The number of nitrogens with zero attached hydrogens (tertiary/aromatic N) is 3. The molecule has 2 atom stereocenters. The van der Waals surface area contributed by atoms with Crippen LogP contribution < -0.4 is 16.6 Å². The number of carbonyl (C=O) groups excluding carboxylic acids is 1. The number of likely N-dealkylation sites (N-methyl/N-ethyl adjacent to an activating group) is 1. The fourth-order valence-electron chi connectivity index (χ4n) is 4.33. The molecule has 1 heterocycles. The number of benzene rings is 2. The van der Waals surface area contributed by atoms with Gasteiger partial charge < -0.3 is 10.7 Å². The molecular weight excluding hydrogens is 386 g/mol. The minimum Gasteiger partial charge on any atom is -0.369 e. The zero-order chi connectivity index (χ0) is 23.1. The summed E-state index contributed by atoms with van der Waals surface area (Å²) < 4.78 is 0. The van der Waals surface area contributed by atoms with Crippen molar-refractivity contribution in [1.82, 2.24) is 4.90 Å². The van der Waals surface area contributed by atoms with E-state index in [1.165, 1.54) is 10.5 Å². The van der Waals surface area contributed by atoms with Crippen molar-refractivity contribution in [2.45, 2.75) is 57.9 Å². The minimum atomic E-state index is -0.827. The molecule has 6 heteroatoms. The van der Waals surface area contributed by atoms with Gasteiger partial charge >= 0.3 is 0 Å². The van der Waals surface area contributed by atoms with E-state index in [-0.39, 0.29) is 17.3 Å². The van der Waals surface area contributed by atoms with Crippen LogP contribution in [0.1, 0.15) is 62.8 Å². The smallest absolute Gasteiger partial charge is 0.239 e. The SMILES string of the molecule is CCc1cc([C@@]2(C)N=C(N)N(C)C(=O)[C@H]2c2ccc(C(C)(C)C)cc2)ccc1N(C)N. The van der Waals surface area contributed by atoms with Crippen molar-refractivity contribution in [3.63, 3.8) is 0 Å². The monoisotopic (exact) mass is 421 g/mol. The number of hydrogen-bond donors (Lipinski definition) is 2. The topological polar surface area (TPSA) is 88.0 Å². The highest BCUT2D eigenvalue weighted by Crippen LogP contribution is 2.45. The predicted octanol–water partition coefficient (Wildman–Crippen LogP) is 3.64. The second-order valence-electron chi connectivity index (χ2n) is 9.63. The molecular formula is C25H35N5O. The third kappa shape index (κ3) is 4.04. The average molecular weight is 422 g/mol. The molecule has 166 valence electrons. The van der Waals surface area contributed by atoms with Gasteiger partial charge in [0.15, 0.2) is 5.96 Å². The molecule has 0 bridgehead atoms. The van der Waals surface area contributed by atoms with Crippen LogP contribution in [0.5, 0.6) is 0 Å². The lowest BCUT2D eigenvalue weighted by Crippen LogP contribution is -2.52. The molecule has 0 saturated carbocycles. The number of carbonyl (C=O) groups is 1. The van der Waals surface area contributed by atoms with Crippen LogP contribution >= 0.6 is 0 Å². The molecule has 2 aromatic rings. The Morgan fingerprint density at radius 3 is 2.29 bits per heavy atom. The van der Waals surface area contributed by atoms with Crippen LogP contribution in [-0.4, -0.2) is 30.9 Å². The first kappa shape index (κ1) is 22.8. The van der Waals surface area contributed by atoms with Crippen LogP contribution in [0, 0.1) is 0 Å². The molecule has 4 N–H and O–H groups in total. The summed E-state index contributed by atoms with van der Waals surface area (Å²) >= 11 is 0. The lowest BCUT2D eigenvalue weighted by molar-refractivity contribution is -0.130. The maximum Gasteiger partial charge on any atom is 0.239 e. The Morgan fingerprint density at radius 2 is 1.77 bits per heavy atom. The van der Waals surface area contributed by atoms with Crippen molar-refractivity contribution in [2.75, 3.05) is 19.1 Å². The van der Waals surface area contributed by atoms with Crippen molar-refractivity contribution in [3.8, 4) is 0 Å². The number of aryl methyl sites for hydroxylation is 1. The fraction of sp³-hybridized carbons (Fsp3) is 0.440. The largest absolute Gasteiger partial charge is 0.369 e. The number of guanidine groups is 1. The van der Waals surface area contributed by atoms with Gasteiger partial charge in [-0.05, 0) is 47.1 Å². The average Bonchev–Trinajstić information content (AvgIpc) is 2.71. The fourth-order valence-corrected chi connectivity index (χ4v) is 4.33. The molecule has 0 aliphatic carbocycles. The van der Waals surface area contributed by atoms with E-state index in [2.05, 4.69) is 58.0 Å². The summed E-state index contributed by atoms with van der Waals surface area (Å²) in [6, 6.07) is 14.4. The van der Waals surface area contributed by atoms with E-state index in [0.29, 0.717) is 0 Å². The van der Waals surface area contributed by atoms with E-state index >= 15 is 0 Å². The highest BCUT2D eigenvalue weighted by atomic mass is 16.2. The van der Waals surface area contributed by atoms with Gasteiger partial charge in [-0.25, -0.2) is 10.8 Å². The lowest BCUT2D eigenvalue weighted by atomic mass is 9.73. The van der Waals surface area contributed by atoms with Gasteiger partial charge in [0.05, 0.1) is 11.6 Å². The Bertz CT molecular complexity index is 1000. The summed E-state index contributed by atoms with van der Waals surface area (Å²) in [4.78, 5) is 19.8. The Morgan fingerprint density at radius 1 is 1.16 bits per heavy atom. The quantitative estimate of drug-likeness (QED) is 0.583. The molecule has 1 aliphatic heterocycles. The standard InChI is InChI=1S/C25H35N5O/c1-8-16-15-19(13-14-20(16)30(7)27)25(5)21(22(31)29(6)23(26)28-25)17-9-11-18(12-10-17)24(2,3)4/h9-15,21H,8,27H2,1-7H3,(H2,26,28)/t21-,25-/m1/s1. The van der Waals surface area contributed by atoms with E-state index in [9.17, 15) is 4.79 Å². The summed E-state index contributed by atoms with van der Waals surface area (Å²) in [7, 11) is 3.51. The third-order valence-electron chi connectivity index (χ3n) is 6.36. The number of anilines is 1.